The Kier molecular flexibility index (Phi) is 4.79. The molecule has 2 N–H and O–H groups in total. The SMILES string of the molecule is O=C(C[C@H]1NC(=O)N(Cc2ccc3c(c2)OCO3)C1=O)NCc1ccccn1. The number of carbonyl (C=O) groups excluding carboxylic acids is 3. The number of aromatic nitrogens is 1. The first kappa shape index (κ1) is 17.8. The van der Waals surface area contributed by atoms with Crippen molar-refractivity contribution in [2.24, 2.45) is 0 Å². The number of amides is 4. The van der Waals surface area contributed by atoms with Gasteiger partial charge in [-0.05, 0) is 29.8 Å². The fourth-order valence-electron chi connectivity index (χ4n) is 3.04. The van der Waals surface area contributed by atoms with Crippen molar-refractivity contribution in [1.29, 1.82) is 0 Å². The number of hydrogen-bond donors (Lipinski definition) is 2. The van der Waals surface area contributed by atoms with Crippen LogP contribution in [0.5, 0.6) is 11.5 Å². The molecule has 1 aromatic carbocycles. The highest BCUT2D eigenvalue weighted by atomic mass is 16.7. The van der Waals surface area contributed by atoms with E-state index in [2.05, 4.69) is 15.6 Å². The maximum Gasteiger partial charge on any atom is 0.325 e. The summed E-state index contributed by atoms with van der Waals surface area (Å²) in [4.78, 5) is 42.1. The van der Waals surface area contributed by atoms with Gasteiger partial charge >= 0.3 is 6.03 Å². The number of hydrogen-bond acceptors (Lipinski definition) is 6. The van der Waals surface area contributed by atoms with Crippen LogP contribution in [0.3, 0.4) is 0 Å². The van der Waals surface area contributed by atoms with E-state index in [4.69, 9.17) is 9.47 Å². The second-order valence-corrected chi connectivity index (χ2v) is 6.42. The Labute approximate surface area is 160 Å². The molecule has 1 saturated heterocycles. The molecule has 9 heteroatoms. The van der Waals surface area contributed by atoms with Crippen LogP contribution in [0.1, 0.15) is 17.7 Å². The first-order valence-electron chi connectivity index (χ1n) is 8.77. The standard InChI is InChI=1S/C19H18N4O5/c24-17(21-9-13-3-1-2-6-20-13)8-14-18(25)23(19(26)22-14)10-12-4-5-15-16(7-12)28-11-27-15/h1-7,14H,8-11H2,(H,21,24)(H,22,26)/t14-/m1/s1. The monoisotopic (exact) mass is 382 g/mol. The molecule has 2 aliphatic heterocycles. The zero-order valence-electron chi connectivity index (χ0n) is 14.9. The first-order valence-corrected chi connectivity index (χ1v) is 8.77. The van der Waals surface area contributed by atoms with Crippen LogP contribution < -0.4 is 20.1 Å². The molecule has 0 spiro atoms. The van der Waals surface area contributed by atoms with Crippen LogP contribution in [0.4, 0.5) is 4.79 Å². The molecule has 144 valence electrons. The van der Waals surface area contributed by atoms with Gasteiger partial charge in [0.1, 0.15) is 6.04 Å². The van der Waals surface area contributed by atoms with Crippen molar-refractivity contribution in [3.05, 3.63) is 53.9 Å². The van der Waals surface area contributed by atoms with Gasteiger partial charge in [-0.25, -0.2) is 4.79 Å². The molecule has 9 nitrogen and oxygen atoms in total. The number of carbonyl (C=O) groups is 3. The summed E-state index contributed by atoms with van der Waals surface area (Å²) >= 11 is 0. The molecule has 0 radical (unpaired) electrons. The van der Waals surface area contributed by atoms with Crippen molar-refractivity contribution < 1.29 is 23.9 Å². The van der Waals surface area contributed by atoms with Gasteiger partial charge < -0.3 is 20.1 Å². The third-order valence-electron chi connectivity index (χ3n) is 4.47. The Bertz CT molecular complexity index is 918. The van der Waals surface area contributed by atoms with E-state index in [9.17, 15) is 14.4 Å². The zero-order valence-corrected chi connectivity index (χ0v) is 14.9. The van der Waals surface area contributed by atoms with Gasteiger partial charge in [0.25, 0.3) is 5.91 Å². The van der Waals surface area contributed by atoms with E-state index in [-0.39, 0.29) is 32.2 Å². The highest BCUT2D eigenvalue weighted by Crippen LogP contribution is 2.33. The fraction of sp³-hybridized carbons (Fsp3) is 0.263. The number of nitrogens with zero attached hydrogens (tertiary/aromatic N) is 2. The summed E-state index contributed by atoms with van der Waals surface area (Å²) in [5.74, 6) is 0.434. The zero-order chi connectivity index (χ0) is 19.5. The van der Waals surface area contributed by atoms with Crippen LogP contribution >= 0.6 is 0 Å². The summed E-state index contributed by atoms with van der Waals surface area (Å²) in [6.45, 7) is 0.500. The largest absolute Gasteiger partial charge is 0.454 e. The van der Waals surface area contributed by atoms with Gasteiger partial charge in [0.05, 0.1) is 25.2 Å². The molecule has 1 atom stereocenters. The average Bonchev–Trinajstić information content (AvgIpc) is 3.27. The van der Waals surface area contributed by atoms with Crippen LogP contribution in [0.2, 0.25) is 0 Å². The topological polar surface area (TPSA) is 110 Å². The molecule has 28 heavy (non-hydrogen) atoms. The molecule has 1 aromatic heterocycles. The van der Waals surface area contributed by atoms with E-state index in [1.165, 1.54) is 0 Å². The van der Waals surface area contributed by atoms with Gasteiger partial charge in [-0.1, -0.05) is 12.1 Å². The third-order valence-corrected chi connectivity index (χ3v) is 4.47. The third kappa shape index (κ3) is 3.73. The molecule has 0 unspecified atom stereocenters. The lowest BCUT2D eigenvalue weighted by Gasteiger charge is -2.13. The number of urea groups is 1. The van der Waals surface area contributed by atoms with Gasteiger partial charge in [0.15, 0.2) is 11.5 Å². The van der Waals surface area contributed by atoms with Crippen molar-refractivity contribution in [2.75, 3.05) is 6.79 Å². The molecule has 0 aliphatic carbocycles. The Morgan fingerprint density at radius 3 is 2.89 bits per heavy atom. The Hall–Kier alpha value is -3.62. The average molecular weight is 382 g/mol. The molecular weight excluding hydrogens is 364 g/mol. The molecule has 4 amide bonds. The quantitative estimate of drug-likeness (QED) is 0.720. The van der Waals surface area contributed by atoms with E-state index < -0.39 is 18.0 Å². The molecule has 2 aliphatic rings. The predicted molar refractivity (Wildman–Crippen MR) is 96.1 cm³/mol. The molecule has 0 saturated carbocycles. The number of rotatable bonds is 6. The van der Waals surface area contributed by atoms with Crippen molar-refractivity contribution in [3.8, 4) is 11.5 Å². The van der Waals surface area contributed by atoms with Crippen LogP contribution in [0.25, 0.3) is 0 Å². The Morgan fingerprint density at radius 1 is 1.21 bits per heavy atom. The lowest BCUT2D eigenvalue weighted by Crippen LogP contribution is -2.36. The van der Waals surface area contributed by atoms with E-state index in [0.29, 0.717) is 17.2 Å². The maximum absolute atomic E-state index is 12.6. The molecular formula is C19H18N4O5. The minimum absolute atomic E-state index is 0.0906. The van der Waals surface area contributed by atoms with Crippen molar-refractivity contribution in [3.63, 3.8) is 0 Å². The van der Waals surface area contributed by atoms with Crippen molar-refractivity contribution in [1.82, 2.24) is 20.5 Å². The minimum atomic E-state index is -0.884. The van der Waals surface area contributed by atoms with Crippen LogP contribution in [-0.4, -0.2) is 40.6 Å². The van der Waals surface area contributed by atoms with Crippen LogP contribution in [0, 0.1) is 0 Å². The fourth-order valence-corrected chi connectivity index (χ4v) is 3.04. The van der Waals surface area contributed by atoms with E-state index >= 15 is 0 Å². The summed E-state index contributed by atoms with van der Waals surface area (Å²) in [6.07, 6.45) is 1.51. The summed E-state index contributed by atoms with van der Waals surface area (Å²) in [5.41, 5.74) is 1.44. The number of fused-ring (bicyclic) bond motifs is 1. The number of imide groups is 1. The highest BCUT2D eigenvalue weighted by Gasteiger charge is 2.39. The molecule has 2 aromatic rings. The second-order valence-electron chi connectivity index (χ2n) is 6.42. The van der Waals surface area contributed by atoms with Crippen molar-refractivity contribution in [2.45, 2.75) is 25.6 Å². The maximum atomic E-state index is 12.6. The number of nitrogens with one attached hydrogen (secondary N) is 2. The molecule has 4 rings (SSSR count). The van der Waals surface area contributed by atoms with E-state index in [1.54, 1.807) is 36.5 Å². The Morgan fingerprint density at radius 2 is 2.07 bits per heavy atom. The predicted octanol–water partition coefficient (Wildman–Crippen LogP) is 0.937. The van der Waals surface area contributed by atoms with Gasteiger partial charge in [0, 0.05) is 6.20 Å². The summed E-state index contributed by atoms with van der Waals surface area (Å²) < 4.78 is 10.6. The summed E-state index contributed by atoms with van der Waals surface area (Å²) in [5, 5.41) is 5.26. The van der Waals surface area contributed by atoms with Crippen LogP contribution in [-0.2, 0) is 22.7 Å². The number of ether oxygens (including phenoxy) is 2. The van der Waals surface area contributed by atoms with Gasteiger partial charge in [-0.3, -0.25) is 19.5 Å². The lowest BCUT2D eigenvalue weighted by molar-refractivity contribution is -0.131. The molecule has 0 bridgehead atoms. The molecule has 3 heterocycles. The van der Waals surface area contributed by atoms with E-state index in [0.717, 1.165) is 10.5 Å². The Balaban J connectivity index is 1.34. The highest BCUT2D eigenvalue weighted by molar-refractivity contribution is 6.05. The first-order chi connectivity index (χ1) is 13.6. The summed E-state index contributed by atoms with van der Waals surface area (Å²) in [6, 6.07) is 9.22. The van der Waals surface area contributed by atoms with Crippen molar-refractivity contribution >= 4 is 17.8 Å². The second kappa shape index (κ2) is 7.55. The van der Waals surface area contributed by atoms with Gasteiger partial charge in [-0.15, -0.1) is 0 Å². The summed E-state index contributed by atoms with van der Waals surface area (Å²) in [7, 11) is 0. The number of pyridine rings is 1. The van der Waals surface area contributed by atoms with Gasteiger partial charge in [-0.2, -0.15) is 0 Å². The lowest BCUT2D eigenvalue weighted by atomic mass is 10.1. The minimum Gasteiger partial charge on any atom is -0.454 e. The smallest absolute Gasteiger partial charge is 0.325 e. The molecule has 1 fully saturated rings. The van der Waals surface area contributed by atoms with Gasteiger partial charge in [0.2, 0.25) is 12.7 Å². The number of benzene rings is 1. The van der Waals surface area contributed by atoms with E-state index in [1.807, 2.05) is 6.07 Å². The normalized spacial score (nSPS) is 17.6. The van der Waals surface area contributed by atoms with Crippen LogP contribution in [0.15, 0.2) is 42.6 Å².